The van der Waals surface area contributed by atoms with Gasteiger partial charge < -0.3 is 5.32 Å². The van der Waals surface area contributed by atoms with Gasteiger partial charge in [0.25, 0.3) is 0 Å². The molecule has 28 heavy (non-hydrogen) atoms. The van der Waals surface area contributed by atoms with Crippen LogP contribution in [0.2, 0.25) is 0 Å². The van der Waals surface area contributed by atoms with Crippen molar-refractivity contribution >= 4 is 17.7 Å². The first-order chi connectivity index (χ1) is 13.5. The molecule has 0 saturated heterocycles. The van der Waals surface area contributed by atoms with Gasteiger partial charge >= 0.3 is 0 Å². The highest BCUT2D eigenvalue weighted by molar-refractivity contribution is 7.99. The van der Waals surface area contributed by atoms with Crippen LogP contribution in [0.15, 0.2) is 53.7 Å². The number of hydrogen-bond acceptors (Lipinski definition) is 4. The number of benzene rings is 2. The summed E-state index contributed by atoms with van der Waals surface area (Å²) < 4.78 is 2.02. The Kier molecular flexibility index (Phi) is 6.52. The molecule has 1 atom stereocenters. The Hall–Kier alpha value is -2.60. The van der Waals surface area contributed by atoms with E-state index < -0.39 is 0 Å². The van der Waals surface area contributed by atoms with Crippen LogP contribution in [0, 0.1) is 13.8 Å². The number of aromatic nitrogens is 3. The van der Waals surface area contributed by atoms with Crippen LogP contribution in [-0.4, -0.2) is 32.5 Å². The van der Waals surface area contributed by atoms with Gasteiger partial charge in [-0.2, -0.15) is 0 Å². The maximum atomic E-state index is 12.2. The van der Waals surface area contributed by atoms with E-state index in [1.165, 1.54) is 22.9 Å². The molecule has 146 valence electrons. The molecule has 0 aliphatic heterocycles. The second-order valence-electron chi connectivity index (χ2n) is 6.94. The first kappa shape index (κ1) is 20.1. The highest BCUT2D eigenvalue weighted by atomic mass is 32.2. The molecule has 1 amide bonds. The van der Waals surface area contributed by atoms with Crippen molar-refractivity contribution in [3.63, 3.8) is 0 Å². The Labute approximate surface area is 170 Å². The van der Waals surface area contributed by atoms with E-state index in [1.807, 2.05) is 41.8 Å². The summed E-state index contributed by atoms with van der Waals surface area (Å²) in [5.74, 6) is 1.09. The van der Waals surface area contributed by atoms with Gasteiger partial charge in [0.05, 0.1) is 5.75 Å². The lowest BCUT2D eigenvalue weighted by Crippen LogP contribution is -2.33. The summed E-state index contributed by atoms with van der Waals surface area (Å²) >= 11 is 1.40. The van der Waals surface area contributed by atoms with Crippen molar-refractivity contribution in [3.05, 3.63) is 59.7 Å². The average molecular weight is 395 g/mol. The quantitative estimate of drug-likeness (QED) is 0.597. The maximum absolute atomic E-state index is 12.2. The van der Waals surface area contributed by atoms with Gasteiger partial charge in [0.1, 0.15) is 0 Å². The number of para-hydroxylation sites is 1. The smallest absolute Gasteiger partial charge is 0.230 e. The van der Waals surface area contributed by atoms with Crippen LogP contribution < -0.4 is 5.32 Å². The van der Waals surface area contributed by atoms with Crippen molar-refractivity contribution in [2.24, 2.45) is 0 Å². The highest BCUT2D eigenvalue weighted by Gasteiger charge is 2.18. The number of carbonyl (C=O) groups is 1. The number of nitrogens with zero attached hydrogens (tertiary/aromatic N) is 3. The summed E-state index contributed by atoms with van der Waals surface area (Å²) in [6.45, 7) is 8.25. The normalized spacial score (nSPS) is 12.0. The van der Waals surface area contributed by atoms with Crippen molar-refractivity contribution in [3.8, 4) is 17.1 Å². The predicted molar refractivity (Wildman–Crippen MR) is 115 cm³/mol. The van der Waals surface area contributed by atoms with Gasteiger partial charge in [0, 0.05) is 17.3 Å². The zero-order chi connectivity index (χ0) is 20.1. The van der Waals surface area contributed by atoms with Crippen molar-refractivity contribution < 1.29 is 4.79 Å². The van der Waals surface area contributed by atoms with Crippen molar-refractivity contribution in [2.45, 2.75) is 45.3 Å². The van der Waals surface area contributed by atoms with Gasteiger partial charge in [-0.25, -0.2) is 0 Å². The lowest BCUT2D eigenvalue weighted by molar-refractivity contribution is -0.119. The van der Waals surface area contributed by atoms with Crippen molar-refractivity contribution in [1.29, 1.82) is 0 Å². The van der Waals surface area contributed by atoms with Crippen LogP contribution in [0.4, 0.5) is 0 Å². The van der Waals surface area contributed by atoms with Gasteiger partial charge in [-0.1, -0.05) is 49.0 Å². The van der Waals surface area contributed by atoms with Gasteiger partial charge in [0.2, 0.25) is 5.91 Å². The summed E-state index contributed by atoms with van der Waals surface area (Å²) in [7, 11) is 0. The molecule has 0 aliphatic carbocycles. The number of carbonyl (C=O) groups excluding carboxylic acids is 1. The molecule has 0 fully saturated rings. The zero-order valence-electron chi connectivity index (χ0n) is 16.8. The summed E-state index contributed by atoms with van der Waals surface area (Å²) in [6.07, 6.45) is 0.910. The molecule has 6 heteroatoms. The van der Waals surface area contributed by atoms with E-state index in [9.17, 15) is 4.79 Å². The minimum absolute atomic E-state index is 0.00897. The van der Waals surface area contributed by atoms with Crippen LogP contribution in [0.25, 0.3) is 17.1 Å². The maximum Gasteiger partial charge on any atom is 0.230 e. The van der Waals surface area contributed by atoms with Gasteiger partial charge in [-0.05, 0) is 56.5 Å². The summed E-state index contributed by atoms with van der Waals surface area (Å²) in [6, 6.07) is 16.5. The third-order valence-corrected chi connectivity index (χ3v) is 5.69. The number of amides is 1. The van der Waals surface area contributed by atoms with E-state index in [4.69, 9.17) is 0 Å². The molecule has 2 aromatic carbocycles. The molecule has 0 aliphatic rings. The molecular formula is C22H26N4OS. The fourth-order valence-corrected chi connectivity index (χ4v) is 3.55. The first-order valence-corrected chi connectivity index (χ1v) is 10.5. The van der Waals surface area contributed by atoms with E-state index in [-0.39, 0.29) is 11.9 Å². The van der Waals surface area contributed by atoms with Crippen molar-refractivity contribution in [2.75, 3.05) is 5.75 Å². The standard InChI is InChI=1S/C22H26N4OS/c1-5-17(4)23-20(27)14-28-22-25-24-21(18-12-11-15(2)16(3)13-18)26(22)19-9-7-6-8-10-19/h6-13,17H,5,14H2,1-4H3,(H,23,27). The van der Waals surface area contributed by atoms with E-state index in [0.717, 1.165) is 23.5 Å². The highest BCUT2D eigenvalue weighted by Crippen LogP contribution is 2.28. The molecule has 0 saturated carbocycles. The summed E-state index contributed by atoms with van der Waals surface area (Å²) in [5, 5.41) is 12.5. The monoisotopic (exact) mass is 394 g/mol. The molecule has 0 spiro atoms. The summed E-state index contributed by atoms with van der Waals surface area (Å²) in [5.41, 5.74) is 4.44. The van der Waals surface area contributed by atoms with Crippen LogP contribution in [0.5, 0.6) is 0 Å². The van der Waals surface area contributed by atoms with E-state index in [0.29, 0.717) is 10.9 Å². The average Bonchev–Trinajstić information content (AvgIpc) is 3.13. The summed E-state index contributed by atoms with van der Waals surface area (Å²) in [4.78, 5) is 12.2. The first-order valence-electron chi connectivity index (χ1n) is 9.50. The Morgan fingerprint density at radius 1 is 1.11 bits per heavy atom. The second kappa shape index (κ2) is 9.06. The number of thioether (sulfide) groups is 1. The molecule has 3 rings (SSSR count). The molecule has 1 N–H and O–H groups in total. The molecule has 1 aromatic heterocycles. The van der Waals surface area contributed by atoms with Crippen LogP contribution >= 0.6 is 11.8 Å². The van der Waals surface area contributed by atoms with Crippen molar-refractivity contribution in [1.82, 2.24) is 20.1 Å². The third kappa shape index (κ3) is 4.62. The number of hydrogen-bond donors (Lipinski definition) is 1. The molecule has 0 bridgehead atoms. The molecule has 1 unspecified atom stereocenters. The Balaban J connectivity index is 1.94. The van der Waals surface area contributed by atoms with Crippen LogP contribution in [-0.2, 0) is 4.79 Å². The Morgan fingerprint density at radius 3 is 2.54 bits per heavy atom. The van der Waals surface area contributed by atoms with E-state index in [2.05, 4.69) is 54.5 Å². The number of nitrogens with one attached hydrogen (secondary N) is 1. The lowest BCUT2D eigenvalue weighted by Gasteiger charge is -2.12. The van der Waals surface area contributed by atoms with Crippen LogP contribution in [0.1, 0.15) is 31.4 Å². The Morgan fingerprint density at radius 2 is 1.86 bits per heavy atom. The molecule has 5 nitrogen and oxygen atoms in total. The topological polar surface area (TPSA) is 59.8 Å². The zero-order valence-corrected chi connectivity index (χ0v) is 17.6. The van der Waals surface area contributed by atoms with Gasteiger partial charge in [-0.15, -0.1) is 10.2 Å². The molecule has 0 radical (unpaired) electrons. The minimum atomic E-state index is 0.00897. The number of rotatable bonds is 7. The van der Waals surface area contributed by atoms with E-state index >= 15 is 0 Å². The van der Waals surface area contributed by atoms with Gasteiger partial charge in [0.15, 0.2) is 11.0 Å². The third-order valence-electron chi connectivity index (χ3n) is 4.76. The largest absolute Gasteiger partial charge is 0.353 e. The van der Waals surface area contributed by atoms with E-state index in [1.54, 1.807) is 0 Å². The minimum Gasteiger partial charge on any atom is -0.353 e. The second-order valence-corrected chi connectivity index (χ2v) is 7.88. The van der Waals surface area contributed by atoms with Gasteiger partial charge in [-0.3, -0.25) is 9.36 Å². The molecule has 1 heterocycles. The predicted octanol–water partition coefficient (Wildman–Crippen LogP) is 4.56. The molecular weight excluding hydrogens is 368 g/mol. The van der Waals surface area contributed by atoms with Crippen LogP contribution in [0.3, 0.4) is 0 Å². The Bertz CT molecular complexity index is 952. The SMILES string of the molecule is CCC(C)NC(=O)CSc1nnc(-c2ccc(C)c(C)c2)n1-c1ccccc1. The molecule has 3 aromatic rings. The fourth-order valence-electron chi connectivity index (χ4n) is 2.79. The number of aryl methyl sites for hydroxylation is 2. The lowest BCUT2D eigenvalue weighted by atomic mass is 10.1. The fraction of sp³-hybridized carbons (Fsp3) is 0.318.